The first-order chi connectivity index (χ1) is 13.8. The van der Waals surface area contributed by atoms with Gasteiger partial charge in [0.05, 0.1) is 16.6 Å². The van der Waals surface area contributed by atoms with Gasteiger partial charge in [-0.15, -0.1) is 0 Å². The molecular formula is C21H18F2N2O4. The van der Waals surface area contributed by atoms with Crippen molar-refractivity contribution in [3.8, 4) is 0 Å². The molecule has 1 aromatic heterocycles. The zero-order valence-corrected chi connectivity index (χ0v) is 15.8. The van der Waals surface area contributed by atoms with Crippen LogP contribution >= 0.6 is 0 Å². The molecule has 2 aromatic carbocycles. The summed E-state index contributed by atoms with van der Waals surface area (Å²) in [6.07, 6.45) is -0.942. The molecule has 1 aliphatic rings. The molecule has 2 atom stereocenters. The number of fused-ring (bicyclic) bond motifs is 2. The van der Waals surface area contributed by atoms with E-state index in [-0.39, 0.29) is 17.8 Å². The summed E-state index contributed by atoms with van der Waals surface area (Å²) in [6, 6.07) is 13.3. The monoisotopic (exact) mass is 400 g/mol. The van der Waals surface area contributed by atoms with Gasteiger partial charge < -0.3 is 9.47 Å². The first-order valence-electron chi connectivity index (χ1n) is 9.07. The molecule has 0 amide bonds. The molecule has 0 spiro atoms. The summed E-state index contributed by atoms with van der Waals surface area (Å²) in [7, 11) is 0. The molecule has 0 bridgehead atoms. The van der Waals surface area contributed by atoms with Gasteiger partial charge in [0, 0.05) is 6.42 Å². The van der Waals surface area contributed by atoms with Crippen LogP contribution in [-0.4, -0.2) is 27.1 Å². The van der Waals surface area contributed by atoms with E-state index in [1.165, 1.54) is 19.9 Å². The number of ether oxygens (including phenoxy) is 2. The Morgan fingerprint density at radius 3 is 2.66 bits per heavy atom. The van der Waals surface area contributed by atoms with Crippen molar-refractivity contribution in [3.63, 3.8) is 0 Å². The second-order valence-corrected chi connectivity index (χ2v) is 7.11. The fourth-order valence-corrected chi connectivity index (χ4v) is 3.54. The third-order valence-corrected chi connectivity index (χ3v) is 4.98. The van der Waals surface area contributed by atoms with Crippen LogP contribution in [0.3, 0.4) is 0 Å². The number of halogens is 2. The summed E-state index contributed by atoms with van der Waals surface area (Å²) >= 11 is 0. The van der Waals surface area contributed by atoms with Crippen molar-refractivity contribution >= 4 is 23.0 Å². The molecule has 4 rings (SSSR count). The van der Waals surface area contributed by atoms with Gasteiger partial charge in [-0.2, -0.15) is 8.78 Å². The van der Waals surface area contributed by atoms with E-state index in [4.69, 9.17) is 9.47 Å². The number of cyclic esters (lactones) is 1. The standard InChI is InChI=1S/C21H18F2N2O4/c1-12(17-24-15-9-5-6-10-16(15)25(17)20(22)23)28-19(27)21(2)11-13-7-3-4-8-14(13)18(26)29-21/h3-10,12,20H,11H2,1-2H3/t12-,21+/m0/s1. The maximum Gasteiger partial charge on any atom is 0.351 e. The zero-order valence-electron chi connectivity index (χ0n) is 15.8. The maximum absolute atomic E-state index is 13.6. The van der Waals surface area contributed by atoms with E-state index < -0.39 is 30.2 Å². The lowest BCUT2D eigenvalue weighted by Crippen LogP contribution is -2.47. The van der Waals surface area contributed by atoms with E-state index in [2.05, 4.69) is 4.98 Å². The van der Waals surface area contributed by atoms with Gasteiger partial charge >= 0.3 is 18.5 Å². The minimum atomic E-state index is -2.85. The van der Waals surface area contributed by atoms with Crippen LogP contribution in [0.1, 0.15) is 48.2 Å². The van der Waals surface area contributed by atoms with Crippen LogP contribution in [-0.2, 0) is 20.7 Å². The molecule has 8 heteroatoms. The van der Waals surface area contributed by atoms with E-state index in [0.717, 1.165) is 4.57 Å². The number of alkyl halides is 2. The van der Waals surface area contributed by atoms with Gasteiger partial charge in [-0.3, -0.25) is 4.57 Å². The Hall–Kier alpha value is -3.29. The largest absolute Gasteiger partial charge is 0.452 e. The number of rotatable bonds is 4. The smallest absolute Gasteiger partial charge is 0.351 e. The molecule has 6 nitrogen and oxygen atoms in total. The fourth-order valence-electron chi connectivity index (χ4n) is 3.54. The van der Waals surface area contributed by atoms with Crippen molar-refractivity contribution in [2.75, 3.05) is 0 Å². The second-order valence-electron chi connectivity index (χ2n) is 7.11. The zero-order chi connectivity index (χ0) is 20.8. The first-order valence-corrected chi connectivity index (χ1v) is 9.07. The number of aromatic nitrogens is 2. The van der Waals surface area contributed by atoms with Crippen molar-refractivity contribution in [2.45, 2.75) is 38.5 Å². The first kappa shape index (κ1) is 19.0. The fraction of sp³-hybridized carbons (Fsp3) is 0.286. The molecule has 0 saturated heterocycles. The lowest BCUT2D eigenvalue weighted by molar-refractivity contribution is -0.171. The van der Waals surface area contributed by atoms with Crippen molar-refractivity contribution in [1.29, 1.82) is 0 Å². The summed E-state index contributed by atoms with van der Waals surface area (Å²) in [5.41, 5.74) is 0.113. The van der Waals surface area contributed by atoms with E-state index in [0.29, 0.717) is 16.6 Å². The van der Waals surface area contributed by atoms with Crippen molar-refractivity contribution < 1.29 is 27.8 Å². The number of nitrogens with zero attached hydrogens (tertiary/aromatic N) is 2. The normalized spacial score (nSPS) is 19.7. The highest BCUT2D eigenvalue weighted by molar-refractivity contribution is 5.96. The molecule has 0 aliphatic carbocycles. The molecule has 0 radical (unpaired) electrons. The summed E-state index contributed by atoms with van der Waals surface area (Å²) in [6.45, 7) is 0.0554. The average Bonchev–Trinajstić information content (AvgIpc) is 3.08. The number of imidazole rings is 1. The molecular weight excluding hydrogens is 382 g/mol. The Labute approximate surface area is 165 Å². The summed E-state index contributed by atoms with van der Waals surface area (Å²) in [5, 5.41) is 0. The van der Waals surface area contributed by atoms with Crippen LogP contribution < -0.4 is 0 Å². The Bertz CT molecular complexity index is 1110. The number of hydrogen-bond donors (Lipinski definition) is 0. The summed E-state index contributed by atoms with van der Waals surface area (Å²) in [4.78, 5) is 29.3. The lowest BCUT2D eigenvalue weighted by atomic mass is 9.90. The molecule has 0 saturated carbocycles. The van der Waals surface area contributed by atoms with Gasteiger partial charge in [0.1, 0.15) is 0 Å². The van der Waals surface area contributed by atoms with E-state index in [1.54, 1.807) is 42.5 Å². The van der Waals surface area contributed by atoms with Gasteiger partial charge in [0.25, 0.3) is 0 Å². The van der Waals surface area contributed by atoms with Gasteiger partial charge in [-0.1, -0.05) is 30.3 Å². The van der Waals surface area contributed by atoms with Crippen molar-refractivity contribution in [3.05, 3.63) is 65.5 Å². The SMILES string of the molecule is C[C@H](OC(=O)[C@@]1(C)Cc2ccccc2C(=O)O1)c1nc2ccccc2n1C(F)F. The molecule has 0 fully saturated rings. The molecule has 29 heavy (non-hydrogen) atoms. The highest BCUT2D eigenvalue weighted by Crippen LogP contribution is 2.32. The third-order valence-electron chi connectivity index (χ3n) is 4.98. The van der Waals surface area contributed by atoms with E-state index >= 15 is 0 Å². The Balaban J connectivity index is 1.62. The van der Waals surface area contributed by atoms with Crippen LogP contribution in [0.15, 0.2) is 48.5 Å². The number of esters is 2. The number of para-hydroxylation sites is 2. The van der Waals surface area contributed by atoms with Crippen LogP contribution in [0, 0.1) is 0 Å². The van der Waals surface area contributed by atoms with Crippen LogP contribution in [0.5, 0.6) is 0 Å². The van der Waals surface area contributed by atoms with Crippen LogP contribution in [0.4, 0.5) is 8.78 Å². The Morgan fingerprint density at radius 1 is 1.21 bits per heavy atom. The molecule has 1 aliphatic heterocycles. The highest BCUT2D eigenvalue weighted by Gasteiger charge is 2.45. The molecule has 0 unspecified atom stereocenters. The van der Waals surface area contributed by atoms with Crippen LogP contribution in [0.25, 0.3) is 11.0 Å². The van der Waals surface area contributed by atoms with E-state index in [9.17, 15) is 18.4 Å². The van der Waals surface area contributed by atoms with Gasteiger partial charge in [-0.05, 0) is 37.6 Å². The quantitative estimate of drug-likeness (QED) is 0.614. The summed E-state index contributed by atoms with van der Waals surface area (Å²) < 4.78 is 38.8. The second kappa shape index (κ2) is 6.95. The number of benzene rings is 2. The Kier molecular flexibility index (Phi) is 4.56. The van der Waals surface area contributed by atoms with E-state index in [1.807, 2.05) is 0 Å². The minimum absolute atomic E-state index is 0.0827. The van der Waals surface area contributed by atoms with Gasteiger partial charge in [0.15, 0.2) is 11.9 Å². The van der Waals surface area contributed by atoms with Crippen molar-refractivity contribution in [1.82, 2.24) is 9.55 Å². The predicted octanol–water partition coefficient (Wildman–Crippen LogP) is 4.21. The molecule has 3 aromatic rings. The number of carbonyl (C=O) groups is 2. The maximum atomic E-state index is 13.6. The summed E-state index contributed by atoms with van der Waals surface area (Å²) in [5.74, 6) is -1.53. The third kappa shape index (κ3) is 3.24. The minimum Gasteiger partial charge on any atom is -0.452 e. The number of carbonyl (C=O) groups excluding carboxylic acids is 2. The molecule has 0 N–H and O–H groups in total. The predicted molar refractivity (Wildman–Crippen MR) is 99.5 cm³/mol. The number of hydrogen-bond acceptors (Lipinski definition) is 5. The van der Waals surface area contributed by atoms with Crippen molar-refractivity contribution in [2.24, 2.45) is 0 Å². The van der Waals surface area contributed by atoms with Gasteiger partial charge in [-0.25, -0.2) is 14.6 Å². The molecule has 2 heterocycles. The topological polar surface area (TPSA) is 70.4 Å². The molecule has 150 valence electrons. The highest BCUT2D eigenvalue weighted by atomic mass is 19.3. The van der Waals surface area contributed by atoms with Crippen LogP contribution in [0.2, 0.25) is 0 Å². The van der Waals surface area contributed by atoms with Gasteiger partial charge in [0.2, 0.25) is 5.60 Å². The lowest BCUT2D eigenvalue weighted by Gasteiger charge is -2.33. The Morgan fingerprint density at radius 2 is 1.90 bits per heavy atom. The average molecular weight is 400 g/mol.